The molecule has 0 spiro atoms. The molecule has 0 amide bonds. The van der Waals surface area contributed by atoms with Gasteiger partial charge in [-0.2, -0.15) is 5.10 Å². The lowest BCUT2D eigenvalue weighted by atomic mass is 10.0. The topological polar surface area (TPSA) is 51.4 Å². The summed E-state index contributed by atoms with van der Waals surface area (Å²) in [6.07, 6.45) is 8.96. The van der Waals surface area contributed by atoms with Crippen molar-refractivity contribution >= 4 is 11.4 Å². The van der Waals surface area contributed by atoms with Crippen LogP contribution < -0.4 is 5.32 Å². The molecule has 2 heterocycles. The summed E-state index contributed by atoms with van der Waals surface area (Å²) in [5, 5.41) is 7.66. The molecule has 1 aromatic rings. The van der Waals surface area contributed by atoms with Gasteiger partial charge in [-0.3, -0.25) is 9.67 Å². The molecule has 1 atom stereocenters. The van der Waals surface area contributed by atoms with Crippen LogP contribution in [0.25, 0.3) is 5.57 Å². The second-order valence-corrected chi connectivity index (χ2v) is 5.18. The van der Waals surface area contributed by atoms with Crippen molar-refractivity contribution in [3.63, 3.8) is 0 Å². The molecule has 114 valence electrons. The fraction of sp³-hybridized carbons (Fsp3) is 0.500. The Bertz CT molecular complexity index is 569. The van der Waals surface area contributed by atoms with Crippen molar-refractivity contribution in [1.82, 2.24) is 15.1 Å². The van der Waals surface area contributed by atoms with Gasteiger partial charge in [0.15, 0.2) is 0 Å². The van der Waals surface area contributed by atoms with E-state index in [-0.39, 0.29) is 0 Å². The Morgan fingerprint density at radius 2 is 2.33 bits per heavy atom. The van der Waals surface area contributed by atoms with Crippen LogP contribution in [0.5, 0.6) is 0 Å². The molecule has 1 unspecified atom stereocenters. The van der Waals surface area contributed by atoms with E-state index in [0.717, 1.165) is 36.5 Å². The number of ether oxygens (including phenoxy) is 1. The lowest BCUT2D eigenvalue weighted by Gasteiger charge is -2.11. The third kappa shape index (κ3) is 3.61. The molecule has 2 rings (SSSR count). The fourth-order valence-electron chi connectivity index (χ4n) is 2.30. The Morgan fingerprint density at radius 1 is 1.52 bits per heavy atom. The highest BCUT2D eigenvalue weighted by molar-refractivity contribution is 6.09. The van der Waals surface area contributed by atoms with Gasteiger partial charge in [0.1, 0.15) is 5.84 Å². The summed E-state index contributed by atoms with van der Waals surface area (Å²) in [5.41, 5.74) is 3.46. The van der Waals surface area contributed by atoms with Crippen LogP contribution in [0.2, 0.25) is 0 Å². The number of aromatic nitrogens is 2. The van der Waals surface area contributed by atoms with E-state index in [1.165, 1.54) is 5.57 Å². The molecule has 1 N–H and O–H groups in total. The van der Waals surface area contributed by atoms with Crippen molar-refractivity contribution in [3.05, 3.63) is 35.8 Å². The third-order valence-corrected chi connectivity index (χ3v) is 3.67. The van der Waals surface area contributed by atoms with Crippen LogP contribution in [-0.2, 0) is 4.74 Å². The Labute approximate surface area is 126 Å². The van der Waals surface area contributed by atoms with E-state index in [9.17, 15) is 0 Å². The van der Waals surface area contributed by atoms with Crippen molar-refractivity contribution in [1.29, 1.82) is 0 Å². The highest BCUT2D eigenvalue weighted by atomic mass is 16.5. The van der Waals surface area contributed by atoms with E-state index in [2.05, 4.69) is 41.5 Å². The Kier molecular flexibility index (Phi) is 5.33. The van der Waals surface area contributed by atoms with Gasteiger partial charge in [0, 0.05) is 43.8 Å². The lowest BCUT2D eigenvalue weighted by Crippen LogP contribution is -2.14. The zero-order valence-electron chi connectivity index (χ0n) is 13.3. The minimum Gasteiger partial charge on any atom is -0.385 e. The van der Waals surface area contributed by atoms with Crippen LogP contribution >= 0.6 is 0 Å². The van der Waals surface area contributed by atoms with Gasteiger partial charge in [-0.1, -0.05) is 0 Å². The van der Waals surface area contributed by atoms with Crippen molar-refractivity contribution in [2.75, 3.05) is 20.3 Å². The average Bonchev–Trinajstić information content (AvgIpc) is 3.13. The van der Waals surface area contributed by atoms with E-state index >= 15 is 0 Å². The summed E-state index contributed by atoms with van der Waals surface area (Å²) < 4.78 is 7.13. The molecular weight excluding hydrogens is 264 g/mol. The number of aliphatic imine (C=N–C) groups is 1. The quantitative estimate of drug-likeness (QED) is 0.875. The smallest absolute Gasteiger partial charge is 0.132 e. The fourth-order valence-corrected chi connectivity index (χ4v) is 2.30. The maximum atomic E-state index is 5.13. The summed E-state index contributed by atoms with van der Waals surface area (Å²) in [5.74, 6) is 0.940. The minimum atomic E-state index is 0.331. The number of methoxy groups -OCH3 is 1. The molecular formula is C16H24N4O. The van der Waals surface area contributed by atoms with Crippen molar-refractivity contribution in [2.24, 2.45) is 4.99 Å². The first kappa shape index (κ1) is 15.5. The third-order valence-electron chi connectivity index (χ3n) is 3.67. The van der Waals surface area contributed by atoms with Gasteiger partial charge in [0.05, 0.1) is 12.2 Å². The van der Waals surface area contributed by atoms with E-state index in [0.29, 0.717) is 6.04 Å². The van der Waals surface area contributed by atoms with E-state index in [4.69, 9.17) is 4.74 Å². The Hall–Kier alpha value is -1.88. The number of nitrogens with one attached hydrogen (secondary N) is 1. The first-order valence-corrected chi connectivity index (χ1v) is 7.39. The monoisotopic (exact) mass is 288 g/mol. The van der Waals surface area contributed by atoms with Gasteiger partial charge < -0.3 is 10.1 Å². The summed E-state index contributed by atoms with van der Waals surface area (Å²) in [6.45, 7) is 7.82. The van der Waals surface area contributed by atoms with Crippen LogP contribution in [0.15, 0.2) is 35.2 Å². The summed E-state index contributed by atoms with van der Waals surface area (Å²) in [6, 6.07) is 0.331. The first-order valence-electron chi connectivity index (χ1n) is 7.39. The van der Waals surface area contributed by atoms with Gasteiger partial charge in [-0.15, -0.1) is 0 Å². The standard InChI is InChI=1S/C16H24N4O/c1-5-17-16-15(6-8-18-16)13(3)14-10-19-20(11-14)12(2)7-9-21-4/h6,8,10-12H,5,7,9H2,1-4H3,(H,17,18)/b15-13+. The van der Waals surface area contributed by atoms with Gasteiger partial charge in [0.2, 0.25) is 0 Å². The molecule has 21 heavy (non-hydrogen) atoms. The van der Waals surface area contributed by atoms with Crippen molar-refractivity contribution < 1.29 is 4.74 Å². The van der Waals surface area contributed by atoms with Crippen LogP contribution in [-0.4, -0.2) is 35.9 Å². The molecule has 0 fully saturated rings. The summed E-state index contributed by atoms with van der Waals surface area (Å²) in [7, 11) is 1.73. The molecule has 0 saturated carbocycles. The molecule has 5 heteroatoms. The van der Waals surface area contributed by atoms with Crippen LogP contribution in [0.4, 0.5) is 0 Å². The maximum absolute atomic E-state index is 5.13. The summed E-state index contributed by atoms with van der Waals surface area (Å²) >= 11 is 0. The van der Waals surface area contributed by atoms with Crippen molar-refractivity contribution in [2.45, 2.75) is 33.2 Å². The van der Waals surface area contributed by atoms with E-state index in [1.807, 2.05) is 24.0 Å². The zero-order chi connectivity index (χ0) is 15.2. The molecule has 0 saturated heterocycles. The van der Waals surface area contributed by atoms with Gasteiger partial charge >= 0.3 is 0 Å². The maximum Gasteiger partial charge on any atom is 0.132 e. The zero-order valence-corrected chi connectivity index (χ0v) is 13.3. The number of allylic oxidation sites excluding steroid dienone is 1. The highest BCUT2D eigenvalue weighted by Crippen LogP contribution is 2.23. The molecule has 0 radical (unpaired) electrons. The van der Waals surface area contributed by atoms with E-state index in [1.54, 1.807) is 7.11 Å². The van der Waals surface area contributed by atoms with Crippen molar-refractivity contribution in [3.8, 4) is 0 Å². The predicted molar refractivity (Wildman–Crippen MR) is 86.3 cm³/mol. The largest absolute Gasteiger partial charge is 0.385 e. The second kappa shape index (κ2) is 7.22. The minimum absolute atomic E-state index is 0.331. The molecule has 5 nitrogen and oxygen atoms in total. The van der Waals surface area contributed by atoms with Crippen LogP contribution in [0.3, 0.4) is 0 Å². The Morgan fingerprint density at radius 3 is 3.05 bits per heavy atom. The number of hydrogen-bond donors (Lipinski definition) is 1. The number of amidine groups is 1. The second-order valence-electron chi connectivity index (χ2n) is 5.18. The molecule has 1 aliphatic rings. The van der Waals surface area contributed by atoms with E-state index < -0.39 is 0 Å². The van der Waals surface area contributed by atoms with Gasteiger partial charge in [-0.05, 0) is 38.8 Å². The van der Waals surface area contributed by atoms with Crippen LogP contribution in [0, 0.1) is 0 Å². The van der Waals surface area contributed by atoms with Gasteiger partial charge in [-0.25, -0.2) is 0 Å². The molecule has 0 aliphatic carbocycles. The highest BCUT2D eigenvalue weighted by Gasteiger charge is 2.15. The average molecular weight is 288 g/mol. The van der Waals surface area contributed by atoms with Gasteiger partial charge in [0.25, 0.3) is 0 Å². The van der Waals surface area contributed by atoms with Crippen LogP contribution in [0.1, 0.15) is 38.8 Å². The number of hydrogen-bond acceptors (Lipinski definition) is 3. The number of nitrogens with zero attached hydrogens (tertiary/aromatic N) is 3. The lowest BCUT2D eigenvalue weighted by molar-refractivity contribution is 0.178. The molecule has 0 bridgehead atoms. The number of rotatable bonds is 6. The normalized spacial score (nSPS) is 19.9. The SMILES string of the molecule is CCN=C1NC=C/C1=C(/C)c1cnn(C(C)CCOC)c1. The molecule has 1 aromatic heterocycles. The summed E-state index contributed by atoms with van der Waals surface area (Å²) in [4.78, 5) is 4.48. The Balaban J connectivity index is 2.20. The first-order chi connectivity index (χ1) is 10.2. The molecule has 0 aromatic carbocycles. The predicted octanol–water partition coefficient (Wildman–Crippen LogP) is 2.79. The molecule has 1 aliphatic heterocycles.